The molecule has 1 saturated heterocycles. The first-order valence-electron chi connectivity index (χ1n) is 14.2. The number of carbonyl (C=O) groups is 3. The summed E-state index contributed by atoms with van der Waals surface area (Å²) in [5.74, 6) is -2.02. The van der Waals surface area contributed by atoms with Gasteiger partial charge in [-0.2, -0.15) is 0 Å². The number of anilines is 1. The van der Waals surface area contributed by atoms with Crippen LogP contribution < -0.4 is 14.4 Å². The van der Waals surface area contributed by atoms with Crippen molar-refractivity contribution in [2.24, 2.45) is 11.8 Å². The first-order valence-corrected chi connectivity index (χ1v) is 15.1. The molecule has 3 aromatic carbocycles. The van der Waals surface area contributed by atoms with Crippen LogP contribution in [0.3, 0.4) is 0 Å². The summed E-state index contributed by atoms with van der Waals surface area (Å²) >= 11 is 1.32. The highest BCUT2D eigenvalue weighted by atomic mass is 32.1. The Kier molecular flexibility index (Phi) is 7.52. The lowest BCUT2D eigenvalue weighted by atomic mass is 9.88. The molecule has 2 aromatic heterocycles. The van der Waals surface area contributed by atoms with Crippen molar-refractivity contribution in [1.82, 2.24) is 4.98 Å². The van der Waals surface area contributed by atoms with Gasteiger partial charge in [0.15, 0.2) is 22.4 Å². The number of fused-ring (bicyclic) bond motifs is 2. The molecule has 0 spiro atoms. The summed E-state index contributed by atoms with van der Waals surface area (Å²) in [5, 5.41) is 1.08. The van der Waals surface area contributed by atoms with Crippen LogP contribution in [-0.2, 0) is 9.59 Å². The fourth-order valence-electron chi connectivity index (χ4n) is 5.59. The maximum atomic E-state index is 14.1. The fraction of sp³-hybridized carbons (Fsp3) is 0.294. The molecule has 1 aliphatic rings. The number of ether oxygens (including phenoxy) is 2. The molecule has 0 bridgehead atoms. The normalized spacial score (nSPS) is 17.0. The molecule has 8 nitrogen and oxygen atoms in total. The average Bonchev–Trinajstić information content (AvgIpc) is 3.67. The lowest BCUT2D eigenvalue weighted by Gasteiger charge is -2.25. The van der Waals surface area contributed by atoms with Crippen molar-refractivity contribution in [1.29, 1.82) is 0 Å². The molecule has 0 radical (unpaired) electrons. The molecule has 1 fully saturated rings. The topological polar surface area (TPSA) is 98.9 Å². The number of amides is 1. The molecule has 3 heterocycles. The second-order valence-electron chi connectivity index (χ2n) is 11.3. The zero-order chi connectivity index (χ0) is 30.4. The van der Waals surface area contributed by atoms with Gasteiger partial charge in [0.2, 0.25) is 11.6 Å². The minimum Gasteiger partial charge on any atom is -0.493 e. The third-order valence-electron chi connectivity index (χ3n) is 7.76. The van der Waals surface area contributed by atoms with Crippen molar-refractivity contribution < 1.29 is 28.3 Å². The van der Waals surface area contributed by atoms with Crippen LogP contribution in [0.5, 0.6) is 11.5 Å². The molecule has 5 aromatic rings. The molecule has 220 valence electrons. The number of rotatable bonds is 9. The van der Waals surface area contributed by atoms with Crippen molar-refractivity contribution >= 4 is 55.1 Å². The van der Waals surface area contributed by atoms with Crippen molar-refractivity contribution in [2.75, 3.05) is 18.6 Å². The van der Waals surface area contributed by atoms with Gasteiger partial charge in [0.05, 0.1) is 30.0 Å². The van der Waals surface area contributed by atoms with Crippen molar-refractivity contribution in [3.8, 4) is 11.5 Å². The van der Waals surface area contributed by atoms with E-state index in [0.717, 1.165) is 33.2 Å². The Morgan fingerprint density at radius 3 is 2.58 bits per heavy atom. The lowest BCUT2D eigenvalue weighted by molar-refractivity contribution is -0.135. The summed E-state index contributed by atoms with van der Waals surface area (Å²) in [5.41, 5.74) is 3.86. The number of aryl methyl sites for hydroxylation is 2. The van der Waals surface area contributed by atoms with Gasteiger partial charge >= 0.3 is 0 Å². The van der Waals surface area contributed by atoms with Crippen molar-refractivity contribution in [3.63, 3.8) is 0 Å². The third kappa shape index (κ3) is 5.18. The van der Waals surface area contributed by atoms with E-state index in [2.05, 4.69) is 13.8 Å². The van der Waals surface area contributed by atoms with Gasteiger partial charge in [0, 0.05) is 5.39 Å². The zero-order valence-electron chi connectivity index (χ0n) is 24.7. The maximum absolute atomic E-state index is 14.1. The van der Waals surface area contributed by atoms with E-state index in [4.69, 9.17) is 18.9 Å². The number of Topliss-reactive ketones (excluding diaryl/α,β-unsaturated/α-hetero) is 2. The summed E-state index contributed by atoms with van der Waals surface area (Å²) < 4.78 is 18.4. The van der Waals surface area contributed by atoms with Crippen LogP contribution in [0.25, 0.3) is 21.2 Å². The molecule has 1 amide bonds. The lowest BCUT2D eigenvalue weighted by Crippen LogP contribution is -2.30. The Bertz CT molecular complexity index is 1850. The highest BCUT2D eigenvalue weighted by molar-refractivity contribution is 7.22. The largest absolute Gasteiger partial charge is 0.493 e. The summed E-state index contributed by atoms with van der Waals surface area (Å²) in [6, 6.07) is 17.2. The SMILES string of the molecule is COc1cc(C2C(C(=O)c3cc4ccccc4o3)C(=O)C(=O)N2c2nc3c(C)cc(C)cc3s2)ccc1OCCC(C)C. The van der Waals surface area contributed by atoms with E-state index in [9.17, 15) is 14.4 Å². The Labute approximate surface area is 253 Å². The summed E-state index contributed by atoms with van der Waals surface area (Å²) in [7, 11) is 1.53. The predicted molar refractivity (Wildman–Crippen MR) is 166 cm³/mol. The molecule has 9 heteroatoms. The molecule has 6 rings (SSSR count). The fourth-order valence-corrected chi connectivity index (χ4v) is 6.77. The Morgan fingerprint density at radius 1 is 1.05 bits per heavy atom. The zero-order valence-corrected chi connectivity index (χ0v) is 25.5. The van der Waals surface area contributed by atoms with E-state index in [1.165, 1.54) is 23.3 Å². The number of para-hydroxylation sites is 1. The number of furan rings is 1. The van der Waals surface area contributed by atoms with Crippen LogP contribution in [0.15, 0.2) is 65.1 Å². The number of hydrogen-bond acceptors (Lipinski definition) is 8. The van der Waals surface area contributed by atoms with E-state index in [0.29, 0.717) is 40.3 Å². The monoisotopic (exact) mass is 596 g/mol. The van der Waals surface area contributed by atoms with E-state index < -0.39 is 29.4 Å². The van der Waals surface area contributed by atoms with E-state index in [1.807, 2.05) is 44.2 Å². The molecular weight excluding hydrogens is 564 g/mol. The van der Waals surface area contributed by atoms with Crippen molar-refractivity contribution in [2.45, 2.75) is 40.2 Å². The smallest absolute Gasteiger partial charge is 0.297 e. The first kappa shape index (κ1) is 28.6. The number of methoxy groups -OCH3 is 1. The van der Waals surface area contributed by atoms with Gasteiger partial charge in [0.1, 0.15) is 11.5 Å². The standard InChI is InChI=1S/C34H32N2O6S/c1-18(2)12-13-41-24-11-10-22(17-25(24)40-5)30-28(31(37)26-16-21-8-6-7-9-23(21)42-26)32(38)33(39)36(30)34-35-29-20(4)14-19(3)15-27(29)43-34/h6-11,14-18,28,30H,12-13H2,1-5H3. The predicted octanol–water partition coefficient (Wildman–Crippen LogP) is 7.25. The van der Waals surface area contributed by atoms with Crippen LogP contribution in [0, 0.1) is 25.7 Å². The van der Waals surface area contributed by atoms with Gasteiger partial charge in [-0.1, -0.05) is 55.5 Å². The van der Waals surface area contributed by atoms with E-state index in [1.54, 1.807) is 30.3 Å². The van der Waals surface area contributed by atoms with Gasteiger partial charge in [-0.05, 0) is 73.2 Å². The number of thiazole rings is 1. The molecule has 0 N–H and O–H groups in total. The first-order chi connectivity index (χ1) is 20.7. The van der Waals surface area contributed by atoms with E-state index in [-0.39, 0.29) is 5.76 Å². The maximum Gasteiger partial charge on any atom is 0.297 e. The van der Waals surface area contributed by atoms with Gasteiger partial charge in [-0.25, -0.2) is 4.98 Å². The molecule has 43 heavy (non-hydrogen) atoms. The van der Waals surface area contributed by atoms with Crippen LogP contribution in [-0.4, -0.2) is 36.2 Å². The Morgan fingerprint density at radius 2 is 1.84 bits per heavy atom. The average molecular weight is 597 g/mol. The molecule has 2 atom stereocenters. The highest BCUT2D eigenvalue weighted by Gasteiger charge is 2.54. The molecule has 1 aliphatic heterocycles. The second-order valence-corrected chi connectivity index (χ2v) is 12.4. The van der Waals surface area contributed by atoms with Gasteiger partial charge in [-0.15, -0.1) is 0 Å². The quantitative estimate of drug-likeness (QED) is 0.100. The number of aromatic nitrogens is 1. The second kappa shape index (κ2) is 11.3. The molecule has 0 saturated carbocycles. The minimum absolute atomic E-state index is 0.0237. The number of hydrogen-bond donors (Lipinski definition) is 0. The minimum atomic E-state index is -1.35. The van der Waals surface area contributed by atoms with Gasteiger partial charge in [0.25, 0.3) is 5.91 Å². The number of ketones is 2. The highest BCUT2D eigenvalue weighted by Crippen LogP contribution is 2.46. The molecular formula is C34H32N2O6S. The number of benzene rings is 3. The van der Waals surface area contributed by atoms with Crippen LogP contribution in [0.4, 0.5) is 5.13 Å². The number of nitrogens with zero attached hydrogens (tertiary/aromatic N) is 2. The molecule has 2 unspecified atom stereocenters. The van der Waals surface area contributed by atoms with Gasteiger partial charge in [-0.3, -0.25) is 19.3 Å². The number of carbonyl (C=O) groups excluding carboxylic acids is 3. The third-order valence-corrected chi connectivity index (χ3v) is 8.77. The summed E-state index contributed by atoms with van der Waals surface area (Å²) in [4.78, 5) is 47.7. The van der Waals surface area contributed by atoms with Crippen LogP contribution >= 0.6 is 11.3 Å². The van der Waals surface area contributed by atoms with Gasteiger partial charge < -0.3 is 13.9 Å². The summed E-state index contributed by atoms with van der Waals surface area (Å²) in [6.07, 6.45) is 0.870. The van der Waals surface area contributed by atoms with E-state index >= 15 is 0 Å². The van der Waals surface area contributed by atoms with Crippen LogP contribution in [0.1, 0.15) is 53.6 Å². The Balaban J connectivity index is 1.47. The molecule has 0 aliphatic carbocycles. The van der Waals surface area contributed by atoms with Crippen LogP contribution in [0.2, 0.25) is 0 Å². The Hall–Kier alpha value is -4.50. The van der Waals surface area contributed by atoms with Crippen molar-refractivity contribution in [3.05, 3.63) is 83.1 Å². The summed E-state index contributed by atoms with van der Waals surface area (Å²) in [6.45, 7) is 8.71.